The summed E-state index contributed by atoms with van der Waals surface area (Å²) in [5, 5.41) is 12.6. The molecule has 0 aromatic carbocycles. The zero-order chi connectivity index (χ0) is 12.4. The summed E-state index contributed by atoms with van der Waals surface area (Å²) in [4.78, 5) is 26.1. The molecule has 2 aromatic heterocycles. The molecule has 0 bridgehead atoms. The van der Waals surface area contributed by atoms with Gasteiger partial charge in [-0.3, -0.25) is 0 Å². The number of carboxylic acids is 1. The lowest BCUT2D eigenvalue weighted by molar-refractivity contribution is 0.0528. The van der Waals surface area contributed by atoms with E-state index in [0.29, 0.717) is 0 Å². The second-order valence-electron chi connectivity index (χ2n) is 3.19. The lowest BCUT2D eigenvalue weighted by atomic mass is 10.3. The summed E-state index contributed by atoms with van der Waals surface area (Å²) in [5.41, 5.74) is 0.480. The van der Waals surface area contributed by atoms with E-state index >= 15 is 0 Å². The number of fused-ring (bicyclic) bond motifs is 1. The largest absolute Gasteiger partial charge is 0.478 e. The van der Waals surface area contributed by atoms with Crippen LogP contribution in [0.4, 0.5) is 0 Å². The van der Waals surface area contributed by atoms with Crippen LogP contribution >= 0.6 is 0 Å². The number of carbonyl (C=O) groups is 2. The van der Waals surface area contributed by atoms with Gasteiger partial charge in [0, 0.05) is 12.4 Å². The molecule has 2 heterocycles. The predicted octanol–water partition coefficient (Wildman–Crippen LogP) is 0.604. The van der Waals surface area contributed by atoms with Crippen LogP contribution in [0.2, 0.25) is 0 Å². The number of esters is 1. The third kappa shape index (κ3) is 1.94. The highest BCUT2D eigenvalue weighted by molar-refractivity contribution is 5.96. The first-order valence-electron chi connectivity index (χ1n) is 4.87. The number of hydrogen-bond donors (Lipinski definition) is 1. The maximum Gasteiger partial charge on any atom is 0.343 e. The molecule has 2 rings (SSSR count). The normalized spacial score (nSPS) is 10.4. The number of carbonyl (C=O) groups excluding carboxylic acids is 1. The van der Waals surface area contributed by atoms with E-state index in [1.54, 1.807) is 6.92 Å². The Morgan fingerprint density at radius 3 is 2.88 bits per heavy atom. The van der Waals surface area contributed by atoms with Gasteiger partial charge in [0.25, 0.3) is 0 Å². The van der Waals surface area contributed by atoms with Crippen molar-refractivity contribution < 1.29 is 19.4 Å². The van der Waals surface area contributed by atoms with Crippen molar-refractivity contribution in [3.05, 3.63) is 29.7 Å². The Hall–Kier alpha value is -2.44. The average molecular weight is 235 g/mol. The highest BCUT2D eigenvalue weighted by Gasteiger charge is 2.16. The number of aromatic nitrogens is 3. The van der Waals surface area contributed by atoms with E-state index in [2.05, 4.69) is 10.1 Å². The van der Waals surface area contributed by atoms with Crippen LogP contribution in [-0.4, -0.2) is 38.3 Å². The molecule has 0 radical (unpaired) electrons. The standard InChI is InChI=1S/C10H9N3O4/c1-2-17-10(16)7-4-12-13-5-6(9(14)15)3-11-8(7)13/h3-5H,2H2,1H3,(H,14,15). The molecule has 88 valence electrons. The van der Waals surface area contributed by atoms with Crippen molar-refractivity contribution in [3.63, 3.8) is 0 Å². The lowest BCUT2D eigenvalue weighted by Crippen LogP contribution is -2.06. The SMILES string of the molecule is CCOC(=O)c1cnn2cc(C(=O)O)cnc12. The average Bonchev–Trinajstić information content (AvgIpc) is 2.71. The molecule has 0 spiro atoms. The molecule has 7 nitrogen and oxygen atoms in total. The molecule has 0 saturated heterocycles. The number of nitrogens with zero attached hydrogens (tertiary/aromatic N) is 3. The van der Waals surface area contributed by atoms with Crippen molar-refractivity contribution in [1.82, 2.24) is 14.6 Å². The van der Waals surface area contributed by atoms with Gasteiger partial charge in [0.05, 0.1) is 18.4 Å². The highest BCUT2D eigenvalue weighted by atomic mass is 16.5. The second-order valence-corrected chi connectivity index (χ2v) is 3.19. The van der Waals surface area contributed by atoms with Crippen LogP contribution < -0.4 is 0 Å². The predicted molar refractivity (Wildman–Crippen MR) is 55.9 cm³/mol. The van der Waals surface area contributed by atoms with Gasteiger partial charge in [-0.05, 0) is 6.92 Å². The number of carboxylic acid groups (broad SMARTS) is 1. The Bertz CT molecular complexity index is 590. The number of rotatable bonds is 3. The summed E-state index contributed by atoms with van der Waals surface area (Å²) in [7, 11) is 0. The number of hydrogen-bond acceptors (Lipinski definition) is 5. The molecule has 0 aliphatic rings. The molecule has 17 heavy (non-hydrogen) atoms. The maximum absolute atomic E-state index is 11.5. The van der Waals surface area contributed by atoms with Gasteiger partial charge < -0.3 is 9.84 Å². The second kappa shape index (κ2) is 4.20. The van der Waals surface area contributed by atoms with E-state index in [1.165, 1.54) is 23.1 Å². The van der Waals surface area contributed by atoms with Crippen molar-refractivity contribution in [3.8, 4) is 0 Å². The summed E-state index contributed by atoms with van der Waals surface area (Å²) in [6.45, 7) is 1.95. The third-order valence-corrected chi connectivity index (χ3v) is 2.10. The zero-order valence-corrected chi connectivity index (χ0v) is 8.95. The molecular formula is C10H9N3O4. The zero-order valence-electron chi connectivity index (χ0n) is 8.95. The summed E-state index contributed by atoms with van der Waals surface area (Å²) in [6.07, 6.45) is 3.75. The first kappa shape index (κ1) is 11.1. The van der Waals surface area contributed by atoms with Crippen LogP contribution in [0, 0.1) is 0 Å². The van der Waals surface area contributed by atoms with Crippen molar-refractivity contribution in [2.75, 3.05) is 6.61 Å². The molecule has 7 heteroatoms. The van der Waals surface area contributed by atoms with Gasteiger partial charge in [-0.15, -0.1) is 0 Å². The fraction of sp³-hybridized carbons (Fsp3) is 0.200. The topological polar surface area (TPSA) is 93.8 Å². The molecule has 0 atom stereocenters. The van der Waals surface area contributed by atoms with E-state index in [-0.39, 0.29) is 23.4 Å². The smallest absolute Gasteiger partial charge is 0.343 e. The molecular weight excluding hydrogens is 226 g/mol. The Morgan fingerprint density at radius 2 is 2.24 bits per heavy atom. The van der Waals surface area contributed by atoms with Crippen LogP contribution in [0.5, 0.6) is 0 Å². The van der Waals surface area contributed by atoms with Crippen LogP contribution in [0.15, 0.2) is 18.6 Å². The molecule has 0 saturated carbocycles. The molecule has 0 unspecified atom stereocenters. The monoisotopic (exact) mass is 235 g/mol. The molecule has 0 amide bonds. The fourth-order valence-corrected chi connectivity index (χ4v) is 1.34. The van der Waals surface area contributed by atoms with Crippen molar-refractivity contribution >= 4 is 17.6 Å². The van der Waals surface area contributed by atoms with E-state index < -0.39 is 11.9 Å². The summed E-state index contributed by atoms with van der Waals surface area (Å²) in [5.74, 6) is -1.63. The van der Waals surface area contributed by atoms with Gasteiger partial charge in [0.15, 0.2) is 5.65 Å². The summed E-state index contributed by atoms with van der Waals surface area (Å²) >= 11 is 0. The Labute approximate surface area is 95.6 Å². The fourth-order valence-electron chi connectivity index (χ4n) is 1.34. The first-order valence-corrected chi connectivity index (χ1v) is 4.87. The van der Waals surface area contributed by atoms with Crippen LogP contribution in [0.1, 0.15) is 27.6 Å². The van der Waals surface area contributed by atoms with Gasteiger partial charge in [-0.25, -0.2) is 19.1 Å². The van der Waals surface area contributed by atoms with Gasteiger partial charge >= 0.3 is 11.9 Å². The van der Waals surface area contributed by atoms with E-state index in [4.69, 9.17) is 9.84 Å². The highest BCUT2D eigenvalue weighted by Crippen LogP contribution is 2.10. The Kier molecular flexibility index (Phi) is 2.73. The molecule has 0 aliphatic heterocycles. The first-order chi connectivity index (χ1) is 8.13. The number of ether oxygens (including phenoxy) is 1. The third-order valence-electron chi connectivity index (χ3n) is 2.10. The van der Waals surface area contributed by atoms with Gasteiger partial charge in [0.2, 0.25) is 0 Å². The minimum atomic E-state index is -1.10. The Morgan fingerprint density at radius 1 is 1.47 bits per heavy atom. The minimum absolute atomic E-state index is 0.00370. The molecule has 1 N–H and O–H groups in total. The maximum atomic E-state index is 11.5. The van der Waals surface area contributed by atoms with Gasteiger partial charge in [-0.1, -0.05) is 0 Å². The molecule has 0 aliphatic carbocycles. The van der Waals surface area contributed by atoms with Crippen molar-refractivity contribution in [1.29, 1.82) is 0 Å². The van der Waals surface area contributed by atoms with E-state index in [9.17, 15) is 9.59 Å². The lowest BCUT2D eigenvalue weighted by Gasteiger charge is -1.99. The quantitative estimate of drug-likeness (QED) is 0.783. The molecule has 0 fully saturated rings. The summed E-state index contributed by atoms with van der Waals surface area (Å²) < 4.78 is 6.06. The van der Waals surface area contributed by atoms with Crippen molar-refractivity contribution in [2.24, 2.45) is 0 Å². The summed E-state index contributed by atoms with van der Waals surface area (Å²) in [6, 6.07) is 0. The van der Waals surface area contributed by atoms with Crippen molar-refractivity contribution in [2.45, 2.75) is 6.92 Å². The van der Waals surface area contributed by atoms with Gasteiger partial charge in [0.1, 0.15) is 5.56 Å². The van der Waals surface area contributed by atoms with Crippen LogP contribution in [-0.2, 0) is 4.74 Å². The Balaban J connectivity index is 2.48. The van der Waals surface area contributed by atoms with E-state index in [0.717, 1.165) is 0 Å². The van der Waals surface area contributed by atoms with Gasteiger partial charge in [-0.2, -0.15) is 5.10 Å². The van der Waals surface area contributed by atoms with E-state index in [1.807, 2.05) is 0 Å². The number of aromatic carboxylic acids is 1. The minimum Gasteiger partial charge on any atom is -0.478 e. The van der Waals surface area contributed by atoms with Crippen LogP contribution in [0.25, 0.3) is 5.65 Å². The van der Waals surface area contributed by atoms with Crippen LogP contribution in [0.3, 0.4) is 0 Å². The molecule has 2 aromatic rings.